The number of allylic oxidation sites excluding steroid dienone is 5. The maximum atomic E-state index is 15.5. The molecular weight excluding hydrogens is 434 g/mol. The minimum absolute atomic E-state index is 0.00871. The van der Waals surface area contributed by atoms with E-state index in [1.807, 2.05) is 13.8 Å². The molecule has 0 bridgehead atoms. The molecule has 0 aromatic heterocycles. The molecule has 188 valence electrons. The Hall–Kier alpha value is -2.43. The summed E-state index contributed by atoms with van der Waals surface area (Å²) in [5.41, 5.74) is 3.68. The van der Waals surface area contributed by atoms with Gasteiger partial charge in [0.25, 0.3) is 0 Å². The molecule has 2 rings (SSSR count). The first-order valence-corrected chi connectivity index (χ1v) is 12.3. The molecule has 0 atom stereocenters. The van der Waals surface area contributed by atoms with Crippen molar-refractivity contribution < 1.29 is 23.0 Å². The molecule has 1 aromatic carbocycles. The highest BCUT2D eigenvalue weighted by molar-refractivity contribution is 5.87. The number of fused-ring (bicyclic) bond motifs is 1. The summed E-state index contributed by atoms with van der Waals surface area (Å²) in [7, 11) is 0. The van der Waals surface area contributed by atoms with E-state index < -0.39 is 17.6 Å². The van der Waals surface area contributed by atoms with Crippen LogP contribution >= 0.6 is 0 Å². The van der Waals surface area contributed by atoms with Crippen LogP contribution in [0.1, 0.15) is 97.8 Å². The summed E-state index contributed by atoms with van der Waals surface area (Å²) in [5, 5.41) is 0. The third-order valence-corrected chi connectivity index (χ3v) is 6.66. The molecule has 0 fully saturated rings. The third kappa shape index (κ3) is 6.17. The summed E-state index contributed by atoms with van der Waals surface area (Å²) in [5.74, 6) is -1.86. The number of rotatable bonds is 9. The average molecular weight is 475 g/mol. The van der Waals surface area contributed by atoms with E-state index in [1.165, 1.54) is 30.2 Å². The fourth-order valence-electron chi connectivity index (χ4n) is 4.38. The summed E-state index contributed by atoms with van der Waals surface area (Å²) in [6.07, 6.45) is 5.89. The van der Waals surface area contributed by atoms with Crippen LogP contribution in [0.4, 0.5) is 8.78 Å². The van der Waals surface area contributed by atoms with Gasteiger partial charge in [-0.2, -0.15) is 4.39 Å². The monoisotopic (exact) mass is 474 g/mol. The lowest BCUT2D eigenvalue weighted by Crippen LogP contribution is -2.34. The molecule has 0 N–H and O–H groups in total. The number of carbonyl (C=O) groups excluding carboxylic acids is 1. The largest absolute Gasteiger partial charge is 0.493 e. The smallest absolute Gasteiger partial charge is 0.367 e. The van der Waals surface area contributed by atoms with Gasteiger partial charge < -0.3 is 9.47 Å². The van der Waals surface area contributed by atoms with E-state index in [-0.39, 0.29) is 23.0 Å². The predicted octanol–water partition coefficient (Wildman–Crippen LogP) is 8.28. The SMILES string of the molecule is CCCOc1cc2c(cc1\C(CC)=C(F)/C=C/C(C)=C(/F)C(=O)OCC)C(C)(C)CCC2(C)C. The van der Waals surface area contributed by atoms with Crippen LogP contribution in [0.5, 0.6) is 5.75 Å². The number of ether oxygens (including phenoxy) is 2. The number of esters is 1. The number of hydrogen-bond donors (Lipinski definition) is 0. The van der Waals surface area contributed by atoms with Crippen molar-refractivity contribution in [3.63, 3.8) is 0 Å². The molecule has 0 radical (unpaired) electrons. The molecule has 3 nitrogen and oxygen atoms in total. The van der Waals surface area contributed by atoms with Crippen molar-refractivity contribution in [2.24, 2.45) is 0 Å². The zero-order valence-electron chi connectivity index (χ0n) is 22.0. The van der Waals surface area contributed by atoms with Crippen LogP contribution in [-0.4, -0.2) is 19.2 Å². The number of benzene rings is 1. The maximum absolute atomic E-state index is 15.5. The van der Waals surface area contributed by atoms with E-state index >= 15 is 4.39 Å². The zero-order chi connectivity index (χ0) is 25.7. The molecule has 1 aliphatic carbocycles. The fourth-order valence-corrected chi connectivity index (χ4v) is 4.38. The highest BCUT2D eigenvalue weighted by Gasteiger charge is 2.38. The Morgan fingerprint density at radius 2 is 1.59 bits per heavy atom. The lowest BCUT2D eigenvalue weighted by Gasteiger charge is -2.42. The number of hydrogen-bond acceptors (Lipinski definition) is 3. The Labute approximate surface area is 203 Å². The van der Waals surface area contributed by atoms with Gasteiger partial charge in [0.1, 0.15) is 11.6 Å². The lowest BCUT2D eigenvalue weighted by atomic mass is 9.62. The number of halogens is 2. The van der Waals surface area contributed by atoms with E-state index in [4.69, 9.17) is 4.74 Å². The Bertz CT molecular complexity index is 997. The first kappa shape index (κ1) is 27.8. The highest BCUT2D eigenvalue weighted by Crippen LogP contribution is 2.49. The summed E-state index contributed by atoms with van der Waals surface area (Å²) in [4.78, 5) is 11.6. The van der Waals surface area contributed by atoms with Gasteiger partial charge in [-0.25, -0.2) is 9.18 Å². The molecule has 1 aliphatic rings. The fraction of sp³-hybridized carbons (Fsp3) is 0.552. The summed E-state index contributed by atoms with van der Waals surface area (Å²) >= 11 is 0. The van der Waals surface area contributed by atoms with Crippen LogP contribution < -0.4 is 4.74 Å². The van der Waals surface area contributed by atoms with E-state index in [0.29, 0.717) is 24.4 Å². The first-order chi connectivity index (χ1) is 15.9. The maximum Gasteiger partial charge on any atom is 0.367 e. The predicted molar refractivity (Wildman–Crippen MR) is 135 cm³/mol. The Kier molecular flexibility index (Phi) is 9.27. The molecule has 0 saturated carbocycles. The molecule has 0 aliphatic heterocycles. The van der Waals surface area contributed by atoms with Gasteiger partial charge in [-0.3, -0.25) is 0 Å². The van der Waals surface area contributed by atoms with Crippen molar-refractivity contribution in [1.82, 2.24) is 0 Å². The third-order valence-electron chi connectivity index (χ3n) is 6.66. The van der Waals surface area contributed by atoms with Gasteiger partial charge in [0.2, 0.25) is 5.83 Å². The highest BCUT2D eigenvalue weighted by atomic mass is 19.1. The molecule has 0 spiro atoms. The van der Waals surface area contributed by atoms with E-state index in [1.54, 1.807) is 6.92 Å². The molecule has 0 amide bonds. The average Bonchev–Trinajstić information content (AvgIpc) is 2.79. The van der Waals surface area contributed by atoms with Crippen LogP contribution in [0, 0.1) is 0 Å². The van der Waals surface area contributed by atoms with Gasteiger partial charge >= 0.3 is 5.97 Å². The van der Waals surface area contributed by atoms with Crippen molar-refractivity contribution >= 4 is 11.5 Å². The first-order valence-electron chi connectivity index (χ1n) is 12.3. The van der Waals surface area contributed by atoms with Gasteiger partial charge in [-0.15, -0.1) is 0 Å². The second kappa shape index (κ2) is 11.3. The van der Waals surface area contributed by atoms with Crippen molar-refractivity contribution in [1.29, 1.82) is 0 Å². The second-order valence-corrected chi connectivity index (χ2v) is 10.2. The van der Waals surface area contributed by atoms with Crippen LogP contribution in [0.15, 0.2) is 41.5 Å². The normalized spacial score (nSPS) is 18.2. The summed E-state index contributed by atoms with van der Waals surface area (Å²) in [6, 6.07) is 4.19. The van der Waals surface area contributed by atoms with Gasteiger partial charge in [0.05, 0.1) is 13.2 Å². The molecule has 1 aromatic rings. The summed E-state index contributed by atoms with van der Waals surface area (Å²) in [6.45, 7) is 16.5. The Balaban J connectivity index is 2.64. The Morgan fingerprint density at radius 3 is 2.12 bits per heavy atom. The molecule has 5 heteroatoms. The lowest BCUT2D eigenvalue weighted by molar-refractivity contribution is -0.140. The minimum Gasteiger partial charge on any atom is -0.493 e. The quantitative estimate of drug-likeness (QED) is 0.205. The molecule has 34 heavy (non-hydrogen) atoms. The molecule has 0 saturated heterocycles. The standard InChI is InChI=1S/C29H40F2O3/c1-9-16-34-25-18-23-22(28(5,6)14-15-29(23,7)8)17-21(25)20(10-2)24(30)13-12-19(4)26(31)27(32)33-11-3/h12-13,17-18H,9-11,14-16H2,1-8H3/b13-12+,24-20+,26-19+. The van der Waals surface area contributed by atoms with Crippen molar-refractivity contribution in [2.75, 3.05) is 13.2 Å². The van der Waals surface area contributed by atoms with Crippen LogP contribution in [0.3, 0.4) is 0 Å². The van der Waals surface area contributed by atoms with Gasteiger partial charge in [0.15, 0.2) is 0 Å². The zero-order valence-corrected chi connectivity index (χ0v) is 22.0. The molecule has 0 heterocycles. The van der Waals surface area contributed by atoms with Crippen molar-refractivity contribution in [3.05, 3.63) is 58.2 Å². The van der Waals surface area contributed by atoms with E-state index in [0.717, 1.165) is 24.8 Å². The second-order valence-electron chi connectivity index (χ2n) is 10.2. The van der Waals surface area contributed by atoms with Gasteiger partial charge in [-0.05, 0) is 90.8 Å². The topological polar surface area (TPSA) is 35.5 Å². The van der Waals surface area contributed by atoms with Crippen molar-refractivity contribution in [3.8, 4) is 5.75 Å². The van der Waals surface area contributed by atoms with Gasteiger partial charge in [0, 0.05) is 5.56 Å². The summed E-state index contributed by atoms with van der Waals surface area (Å²) < 4.78 is 40.5. The van der Waals surface area contributed by atoms with E-state index in [2.05, 4.69) is 44.6 Å². The number of carbonyl (C=O) groups is 1. The van der Waals surface area contributed by atoms with E-state index in [9.17, 15) is 9.18 Å². The molecular formula is C29H40F2O3. The van der Waals surface area contributed by atoms with Crippen LogP contribution in [0.2, 0.25) is 0 Å². The van der Waals surface area contributed by atoms with Crippen molar-refractivity contribution in [2.45, 2.75) is 91.9 Å². The van der Waals surface area contributed by atoms with Crippen LogP contribution in [0.25, 0.3) is 5.57 Å². The Morgan fingerprint density at radius 1 is 1.00 bits per heavy atom. The van der Waals surface area contributed by atoms with Gasteiger partial charge in [-0.1, -0.05) is 47.6 Å². The molecule has 0 unspecified atom stereocenters. The minimum atomic E-state index is -1.04. The van der Waals surface area contributed by atoms with Crippen LogP contribution in [-0.2, 0) is 20.4 Å².